The van der Waals surface area contributed by atoms with Crippen LogP contribution in [0.1, 0.15) is 13.8 Å². The molecule has 1 amide bonds. The van der Waals surface area contributed by atoms with Crippen LogP contribution in [0.2, 0.25) is 0 Å². The van der Waals surface area contributed by atoms with Crippen LogP contribution >= 0.6 is 0 Å². The summed E-state index contributed by atoms with van der Waals surface area (Å²) in [6.07, 6.45) is 0. The molecule has 1 aromatic carbocycles. The van der Waals surface area contributed by atoms with Crippen molar-refractivity contribution in [1.82, 2.24) is 0 Å². The van der Waals surface area contributed by atoms with Gasteiger partial charge in [0.1, 0.15) is 31.9 Å². The number of ether oxygens (including phenoxy) is 1. The Kier molecular flexibility index (Phi) is 6.02. The monoisotopic (exact) mass is 293 g/mol. The molecule has 1 heterocycles. The Bertz CT molecular complexity index is 457. The number of piperazine rings is 1. The zero-order chi connectivity index (χ0) is 15.1. The van der Waals surface area contributed by atoms with Crippen molar-refractivity contribution < 1.29 is 19.3 Å². The van der Waals surface area contributed by atoms with Gasteiger partial charge in [0, 0.05) is 0 Å². The molecule has 0 aromatic heterocycles. The molecule has 5 heteroatoms. The number of benzene rings is 1. The lowest BCUT2D eigenvalue weighted by Gasteiger charge is -2.28. The van der Waals surface area contributed by atoms with Crippen LogP contribution in [0, 0.1) is 0 Å². The Balaban J connectivity index is 1.85. The molecule has 0 saturated carbocycles. The van der Waals surface area contributed by atoms with Gasteiger partial charge in [-0.3, -0.25) is 4.79 Å². The van der Waals surface area contributed by atoms with Crippen molar-refractivity contribution in [3.05, 3.63) is 24.3 Å². The number of para-hydroxylation sites is 2. The maximum atomic E-state index is 12.2. The van der Waals surface area contributed by atoms with Gasteiger partial charge in [-0.15, -0.1) is 0 Å². The van der Waals surface area contributed by atoms with Crippen LogP contribution in [0.25, 0.3) is 0 Å². The molecule has 1 aromatic rings. The van der Waals surface area contributed by atoms with E-state index in [2.05, 4.69) is 12.2 Å². The molecule has 0 aliphatic carbocycles. The molecule has 5 nitrogen and oxygen atoms in total. The smallest absolute Gasteiger partial charge is 0.279 e. The van der Waals surface area contributed by atoms with Gasteiger partial charge in [-0.2, -0.15) is 0 Å². The van der Waals surface area contributed by atoms with E-state index in [0.717, 1.165) is 37.6 Å². The minimum atomic E-state index is 0.0668. The molecule has 0 spiro atoms. The molecule has 2 rings (SSSR count). The molecule has 0 atom stereocenters. The number of carbonyl (C=O) groups excluding carboxylic acids is 1. The normalized spacial score (nSPS) is 21.8. The van der Waals surface area contributed by atoms with E-state index in [1.807, 2.05) is 31.2 Å². The second kappa shape index (κ2) is 8.00. The quantitative estimate of drug-likeness (QED) is 0.619. The third kappa shape index (κ3) is 4.72. The molecular formula is C16H27N3O2+2. The maximum absolute atomic E-state index is 12.2. The number of quaternary nitrogens is 2. The van der Waals surface area contributed by atoms with Crippen molar-refractivity contribution in [3.63, 3.8) is 0 Å². The molecular weight excluding hydrogens is 266 g/mol. The second-order valence-electron chi connectivity index (χ2n) is 5.51. The summed E-state index contributed by atoms with van der Waals surface area (Å²) in [6.45, 7) is 10.9. The maximum Gasteiger partial charge on any atom is 0.279 e. The Labute approximate surface area is 126 Å². The van der Waals surface area contributed by atoms with Gasteiger partial charge in [0.25, 0.3) is 5.91 Å². The number of anilines is 1. The lowest BCUT2D eigenvalue weighted by molar-refractivity contribution is -1.01. The zero-order valence-corrected chi connectivity index (χ0v) is 13.1. The summed E-state index contributed by atoms with van der Waals surface area (Å²) in [5, 5.41) is 2.98. The molecule has 3 N–H and O–H groups in total. The van der Waals surface area contributed by atoms with Crippen LogP contribution in [0.4, 0.5) is 5.69 Å². The van der Waals surface area contributed by atoms with Crippen molar-refractivity contribution in [2.24, 2.45) is 0 Å². The van der Waals surface area contributed by atoms with E-state index in [-0.39, 0.29) is 5.91 Å². The molecule has 1 fully saturated rings. The van der Waals surface area contributed by atoms with E-state index in [1.54, 1.807) is 4.90 Å². The highest BCUT2D eigenvalue weighted by molar-refractivity contribution is 5.92. The minimum Gasteiger partial charge on any atom is -0.492 e. The summed E-state index contributed by atoms with van der Waals surface area (Å²) < 4.78 is 5.53. The topological polar surface area (TPSA) is 47.2 Å². The van der Waals surface area contributed by atoms with Crippen LogP contribution in [0.3, 0.4) is 0 Å². The van der Waals surface area contributed by atoms with E-state index in [1.165, 1.54) is 11.4 Å². The predicted molar refractivity (Wildman–Crippen MR) is 83.0 cm³/mol. The molecule has 0 bridgehead atoms. The predicted octanol–water partition coefficient (Wildman–Crippen LogP) is -1.17. The first-order chi connectivity index (χ1) is 10.2. The second-order valence-corrected chi connectivity index (χ2v) is 5.51. The Hall–Kier alpha value is -1.59. The molecule has 1 aliphatic heterocycles. The van der Waals surface area contributed by atoms with E-state index in [0.29, 0.717) is 13.2 Å². The number of rotatable bonds is 6. The fourth-order valence-corrected chi connectivity index (χ4v) is 2.76. The summed E-state index contributed by atoms with van der Waals surface area (Å²) in [4.78, 5) is 15.2. The Morgan fingerprint density at radius 2 is 1.81 bits per heavy atom. The lowest BCUT2D eigenvalue weighted by Crippen LogP contribution is -3.28. The van der Waals surface area contributed by atoms with Crippen molar-refractivity contribution in [3.8, 4) is 5.75 Å². The van der Waals surface area contributed by atoms with E-state index < -0.39 is 0 Å². The summed E-state index contributed by atoms with van der Waals surface area (Å²) in [6, 6.07) is 7.60. The van der Waals surface area contributed by atoms with Crippen LogP contribution in [-0.4, -0.2) is 51.8 Å². The van der Waals surface area contributed by atoms with Gasteiger partial charge >= 0.3 is 0 Å². The van der Waals surface area contributed by atoms with E-state index >= 15 is 0 Å². The zero-order valence-electron chi connectivity index (χ0n) is 13.1. The number of amides is 1. The lowest BCUT2D eigenvalue weighted by atomic mass is 10.2. The van der Waals surface area contributed by atoms with Crippen LogP contribution in [-0.2, 0) is 4.79 Å². The van der Waals surface area contributed by atoms with Gasteiger partial charge in [0.2, 0.25) is 0 Å². The van der Waals surface area contributed by atoms with Crippen molar-refractivity contribution in [1.29, 1.82) is 0 Å². The third-order valence-corrected chi connectivity index (χ3v) is 4.04. The third-order valence-electron chi connectivity index (χ3n) is 4.04. The van der Waals surface area contributed by atoms with Gasteiger partial charge in [-0.05, 0) is 26.0 Å². The number of hydrogen-bond donors (Lipinski definition) is 3. The van der Waals surface area contributed by atoms with Gasteiger partial charge in [0.05, 0.1) is 18.8 Å². The van der Waals surface area contributed by atoms with Gasteiger partial charge in [-0.25, -0.2) is 0 Å². The Morgan fingerprint density at radius 1 is 1.14 bits per heavy atom. The highest BCUT2D eigenvalue weighted by Crippen LogP contribution is 2.23. The number of hydrogen-bond acceptors (Lipinski definition) is 2. The van der Waals surface area contributed by atoms with Crippen LogP contribution in [0.15, 0.2) is 24.3 Å². The summed E-state index contributed by atoms with van der Waals surface area (Å²) in [7, 11) is 0. The molecule has 116 valence electrons. The van der Waals surface area contributed by atoms with E-state index in [4.69, 9.17) is 4.74 Å². The molecule has 0 radical (unpaired) electrons. The summed E-state index contributed by atoms with van der Waals surface area (Å²) >= 11 is 0. The minimum absolute atomic E-state index is 0.0668. The van der Waals surface area contributed by atoms with Gasteiger partial charge < -0.3 is 19.9 Å². The Morgan fingerprint density at radius 3 is 2.48 bits per heavy atom. The fourth-order valence-electron chi connectivity index (χ4n) is 2.76. The summed E-state index contributed by atoms with van der Waals surface area (Å²) in [5.41, 5.74) is 0.765. The number of likely N-dealkylation sites (N-methyl/N-ethyl adjacent to an activating group) is 1. The van der Waals surface area contributed by atoms with Crippen molar-refractivity contribution >= 4 is 11.6 Å². The number of carbonyl (C=O) groups is 1. The highest BCUT2D eigenvalue weighted by atomic mass is 16.5. The standard InChI is InChI=1S/C16H25N3O2/c1-3-18-9-11-19(12-10-18)13-16(20)17-14-7-5-6-8-15(14)21-4-2/h5-8H,3-4,9-13H2,1-2H3,(H,17,20)/p+2. The van der Waals surface area contributed by atoms with Crippen molar-refractivity contribution in [2.45, 2.75) is 13.8 Å². The van der Waals surface area contributed by atoms with Gasteiger partial charge in [-0.1, -0.05) is 12.1 Å². The molecule has 0 unspecified atom stereocenters. The average molecular weight is 293 g/mol. The largest absolute Gasteiger partial charge is 0.492 e. The number of nitrogens with one attached hydrogen (secondary N) is 3. The fraction of sp³-hybridized carbons (Fsp3) is 0.562. The van der Waals surface area contributed by atoms with Crippen molar-refractivity contribution in [2.75, 3.05) is 51.2 Å². The first-order valence-electron chi connectivity index (χ1n) is 7.91. The highest BCUT2D eigenvalue weighted by Gasteiger charge is 2.23. The average Bonchev–Trinajstić information content (AvgIpc) is 2.50. The van der Waals surface area contributed by atoms with Gasteiger partial charge in [0.15, 0.2) is 6.54 Å². The molecule has 21 heavy (non-hydrogen) atoms. The summed E-state index contributed by atoms with van der Waals surface area (Å²) in [5.74, 6) is 0.806. The molecule has 1 saturated heterocycles. The van der Waals surface area contributed by atoms with Crippen LogP contribution < -0.4 is 19.9 Å². The first kappa shape index (κ1) is 15.8. The molecule has 1 aliphatic rings. The van der Waals surface area contributed by atoms with E-state index in [9.17, 15) is 4.79 Å². The SMILES string of the molecule is CCOc1ccccc1NC(=O)C[NH+]1CC[NH+](CC)CC1. The first-order valence-corrected chi connectivity index (χ1v) is 7.91. The van der Waals surface area contributed by atoms with Crippen LogP contribution in [0.5, 0.6) is 5.75 Å².